The zero-order chi connectivity index (χ0) is 6.91. The highest BCUT2D eigenvalue weighted by Gasteiger charge is 2.32. The van der Waals surface area contributed by atoms with E-state index in [4.69, 9.17) is 17.0 Å². The van der Waals surface area contributed by atoms with Gasteiger partial charge < -0.3 is 4.74 Å². The van der Waals surface area contributed by atoms with Crippen LogP contribution in [0.5, 0.6) is 0 Å². The van der Waals surface area contributed by atoms with E-state index in [0.717, 1.165) is 12.2 Å². The second-order valence-electron chi connectivity index (χ2n) is 2.44. The summed E-state index contributed by atoms with van der Waals surface area (Å²) in [5, 5.41) is 0. The van der Waals surface area contributed by atoms with Crippen LogP contribution in [-0.2, 0) is 4.74 Å². The molecule has 0 amide bonds. The largest absolute Gasteiger partial charge is 0.471 e. The molecular weight excluding hydrogens is 152 g/mol. The van der Waals surface area contributed by atoms with Crippen LogP contribution in [0.1, 0.15) is 20.3 Å². The van der Waals surface area contributed by atoms with Gasteiger partial charge in [0.2, 0.25) is 4.38 Å². The second kappa shape index (κ2) is 2.46. The molecule has 1 atom stereocenters. The number of hydrogen-bond donors (Lipinski definition) is 0. The van der Waals surface area contributed by atoms with Crippen molar-refractivity contribution in [3.05, 3.63) is 0 Å². The van der Waals surface area contributed by atoms with Gasteiger partial charge in [-0.1, -0.05) is 18.7 Å². The summed E-state index contributed by atoms with van der Waals surface area (Å²) in [5.74, 6) is 1.02. The van der Waals surface area contributed by atoms with E-state index >= 15 is 0 Å². The Hall–Kier alpha value is 0.240. The number of rotatable bonds is 1. The number of hydrogen-bond acceptors (Lipinski definition) is 3. The van der Waals surface area contributed by atoms with Crippen molar-refractivity contribution in [2.75, 3.05) is 5.75 Å². The van der Waals surface area contributed by atoms with Gasteiger partial charge in [0.05, 0.1) is 0 Å². The van der Waals surface area contributed by atoms with Crippen LogP contribution in [0.3, 0.4) is 0 Å². The van der Waals surface area contributed by atoms with Crippen LogP contribution in [0.2, 0.25) is 0 Å². The minimum Gasteiger partial charge on any atom is -0.471 e. The SMILES string of the molecule is CCC1(C)CSC(=S)O1. The van der Waals surface area contributed by atoms with E-state index in [1.165, 1.54) is 0 Å². The molecule has 3 heteroatoms. The molecule has 1 aliphatic rings. The fourth-order valence-corrected chi connectivity index (χ4v) is 1.97. The smallest absolute Gasteiger partial charge is 0.220 e. The highest BCUT2D eigenvalue weighted by molar-refractivity contribution is 8.22. The van der Waals surface area contributed by atoms with E-state index in [-0.39, 0.29) is 5.60 Å². The third kappa shape index (κ3) is 1.58. The number of thiocarbonyl (C=S) groups is 1. The normalized spacial score (nSPS) is 34.7. The summed E-state index contributed by atoms with van der Waals surface area (Å²) in [6.45, 7) is 4.22. The maximum atomic E-state index is 5.39. The molecule has 0 spiro atoms. The zero-order valence-corrected chi connectivity index (χ0v) is 7.27. The zero-order valence-electron chi connectivity index (χ0n) is 5.64. The van der Waals surface area contributed by atoms with Crippen LogP contribution in [-0.4, -0.2) is 15.7 Å². The summed E-state index contributed by atoms with van der Waals surface area (Å²) in [6.07, 6.45) is 1.04. The Morgan fingerprint density at radius 3 is 2.78 bits per heavy atom. The summed E-state index contributed by atoms with van der Waals surface area (Å²) in [5.41, 5.74) is 0.0295. The third-order valence-corrected chi connectivity index (χ3v) is 3.08. The van der Waals surface area contributed by atoms with Crippen LogP contribution < -0.4 is 0 Å². The first-order valence-electron chi connectivity index (χ1n) is 3.02. The van der Waals surface area contributed by atoms with Gasteiger partial charge in [-0.25, -0.2) is 0 Å². The van der Waals surface area contributed by atoms with Gasteiger partial charge in [-0.3, -0.25) is 0 Å². The van der Waals surface area contributed by atoms with Gasteiger partial charge in [0.1, 0.15) is 5.60 Å². The Morgan fingerprint density at radius 1 is 1.89 bits per heavy atom. The summed E-state index contributed by atoms with van der Waals surface area (Å²) in [4.78, 5) is 0. The van der Waals surface area contributed by atoms with Crippen LogP contribution in [0.15, 0.2) is 0 Å². The molecule has 0 saturated carbocycles. The van der Waals surface area contributed by atoms with E-state index in [9.17, 15) is 0 Å². The van der Waals surface area contributed by atoms with E-state index < -0.39 is 0 Å². The Kier molecular flexibility index (Phi) is 2.01. The first kappa shape index (κ1) is 7.35. The summed E-state index contributed by atoms with van der Waals surface area (Å²) >= 11 is 6.51. The molecule has 0 aliphatic carbocycles. The molecule has 0 aromatic heterocycles. The molecule has 0 bridgehead atoms. The van der Waals surface area contributed by atoms with E-state index in [1.54, 1.807) is 11.8 Å². The predicted octanol–water partition coefficient (Wildman–Crippen LogP) is 2.20. The quantitative estimate of drug-likeness (QED) is 0.547. The fraction of sp³-hybridized carbons (Fsp3) is 0.833. The number of thioether (sulfide) groups is 1. The third-order valence-electron chi connectivity index (χ3n) is 1.57. The minimum absolute atomic E-state index is 0.0295. The van der Waals surface area contributed by atoms with Gasteiger partial charge in [0, 0.05) is 5.75 Å². The lowest BCUT2D eigenvalue weighted by molar-refractivity contribution is 0.115. The lowest BCUT2D eigenvalue weighted by atomic mass is 10.1. The van der Waals surface area contributed by atoms with Crippen LogP contribution in [0.4, 0.5) is 0 Å². The van der Waals surface area contributed by atoms with Gasteiger partial charge in [-0.15, -0.1) is 0 Å². The molecule has 1 fully saturated rings. The van der Waals surface area contributed by atoms with Crippen LogP contribution >= 0.6 is 24.0 Å². The molecule has 0 N–H and O–H groups in total. The van der Waals surface area contributed by atoms with Crippen molar-refractivity contribution in [1.82, 2.24) is 0 Å². The first-order chi connectivity index (χ1) is 4.16. The molecule has 1 heterocycles. The average molecular weight is 162 g/mol. The molecule has 0 radical (unpaired) electrons. The molecule has 1 aliphatic heterocycles. The Balaban J connectivity index is 2.54. The highest BCUT2D eigenvalue weighted by atomic mass is 32.2. The lowest BCUT2D eigenvalue weighted by Gasteiger charge is -2.18. The molecule has 0 aromatic carbocycles. The maximum absolute atomic E-state index is 5.39. The van der Waals surface area contributed by atoms with Crippen LogP contribution in [0, 0.1) is 0 Å². The molecule has 1 nitrogen and oxygen atoms in total. The van der Waals surface area contributed by atoms with E-state index in [2.05, 4.69) is 13.8 Å². The summed E-state index contributed by atoms with van der Waals surface area (Å²) < 4.78 is 6.10. The van der Waals surface area contributed by atoms with Crippen molar-refractivity contribution < 1.29 is 4.74 Å². The highest BCUT2D eigenvalue weighted by Crippen LogP contribution is 2.31. The van der Waals surface area contributed by atoms with E-state index in [1.807, 2.05) is 0 Å². The first-order valence-corrected chi connectivity index (χ1v) is 4.41. The minimum atomic E-state index is 0.0295. The van der Waals surface area contributed by atoms with Crippen molar-refractivity contribution >= 4 is 28.4 Å². The monoisotopic (exact) mass is 162 g/mol. The van der Waals surface area contributed by atoms with Crippen molar-refractivity contribution in [3.63, 3.8) is 0 Å². The molecule has 1 unspecified atom stereocenters. The van der Waals surface area contributed by atoms with Crippen LogP contribution in [0.25, 0.3) is 0 Å². The topological polar surface area (TPSA) is 9.23 Å². The average Bonchev–Trinajstić information content (AvgIpc) is 2.13. The fourth-order valence-electron chi connectivity index (χ4n) is 0.646. The molecule has 0 aromatic rings. The van der Waals surface area contributed by atoms with Crippen molar-refractivity contribution in [1.29, 1.82) is 0 Å². The Bertz CT molecular complexity index is 135. The Morgan fingerprint density at radius 2 is 2.56 bits per heavy atom. The number of ether oxygens (including phenoxy) is 1. The van der Waals surface area contributed by atoms with Crippen molar-refractivity contribution in [3.8, 4) is 0 Å². The maximum Gasteiger partial charge on any atom is 0.220 e. The molecule has 1 rings (SSSR count). The molecular formula is C6H10OS2. The van der Waals surface area contributed by atoms with Gasteiger partial charge in [0.15, 0.2) is 0 Å². The predicted molar refractivity (Wildman–Crippen MR) is 44.8 cm³/mol. The van der Waals surface area contributed by atoms with Gasteiger partial charge in [-0.05, 0) is 25.6 Å². The lowest BCUT2D eigenvalue weighted by Crippen LogP contribution is -2.25. The van der Waals surface area contributed by atoms with Gasteiger partial charge >= 0.3 is 0 Å². The summed E-state index contributed by atoms with van der Waals surface area (Å²) in [6, 6.07) is 0. The Labute approximate surface area is 65.2 Å². The molecule has 9 heavy (non-hydrogen) atoms. The van der Waals surface area contributed by atoms with Crippen molar-refractivity contribution in [2.45, 2.75) is 25.9 Å². The molecule has 1 saturated heterocycles. The second-order valence-corrected chi connectivity index (χ2v) is 4.02. The molecule has 52 valence electrons. The van der Waals surface area contributed by atoms with Gasteiger partial charge in [0.25, 0.3) is 0 Å². The standard InChI is InChI=1S/C6H10OS2/c1-3-6(2)4-9-5(8)7-6/h3-4H2,1-2H3. The van der Waals surface area contributed by atoms with Crippen molar-refractivity contribution in [2.24, 2.45) is 0 Å². The van der Waals surface area contributed by atoms with Gasteiger partial charge in [-0.2, -0.15) is 0 Å². The van der Waals surface area contributed by atoms with E-state index in [0.29, 0.717) is 4.38 Å². The summed E-state index contributed by atoms with van der Waals surface area (Å²) in [7, 11) is 0.